The van der Waals surface area contributed by atoms with Crippen LogP contribution in [0.15, 0.2) is 60.7 Å². The zero-order valence-corrected chi connectivity index (χ0v) is 26.4. The molecule has 7 nitrogen and oxygen atoms in total. The van der Waals surface area contributed by atoms with Crippen LogP contribution in [0, 0.1) is 17.8 Å². The van der Waals surface area contributed by atoms with Crippen molar-refractivity contribution >= 4 is 12.1 Å². The number of hydrogen-bond donors (Lipinski definition) is 1. The minimum Gasteiger partial charge on any atom is -0.480 e. The fourth-order valence-corrected chi connectivity index (χ4v) is 8.43. The first-order valence-corrected chi connectivity index (χ1v) is 17.2. The monoisotopic (exact) mass is 601 g/mol. The zero-order valence-electron chi connectivity index (χ0n) is 26.4. The topological polar surface area (TPSA) is 73.3 Å². The van der Waals surface area contributed by atoms with Crippen molar-refractivity contribution in [2.45, 2.75) is 88.8 Å². The van der Waals surface area contributed by atoms with E-state index in [4.69, 9.17) is 4.74 Å². The Labute approximate surface area is 263 Å². The van der Waals surface area contributed by atoms with Gasteiger partial charge in [0.05, 0.1) is 6.61 Å². The molecule has 2 aromatic rings. The lowest BCUT2D eigenvalue weighted by molar-refractivity contribution is -0.145. The van der Waals surface area contributed by atoms with Gasteiger partial charge in [-0.05, 0) is 61.0 Å². The molecule has 0 radical (unpaired) electrons. The van der Waals surface area contributed by atoms with Gasteiger partial charge in [-0.1, -0.05) is 86.8 Å². The number of aliphatic carboxylic acids is 1. The van der Waals surface area contributed by atoms with Crippen LogP contribution in [0.25, 0.3) is 0 Å². The molecule has 5 atom stereocenters. The summed E-state index contributed by atoms with van der Waals surface area (Å²) in [5.74, 6) is 0.882. The number of benzene rings is 2. The summed E-state index contributed by atoms with van der Waals surface area (Å²) in [6.45, 7) is 7.20. The van der Waals surface area contributed by atoms with E-state index < -0.39 is 5.97 Å². The fraction of sp³-hybridized carbons (Fsp3) is 0.622. The minimum absolute atomic E-state index is 0.147. The highest BCUT2D eigenvalue weighted by atomic mass is 16.6. The molecular formula is C37H51N3O4. The average Bonchev–Trinajstić information content (AvgIpc) is 3.61. The van der Waals surface area contributed by atoms with Gasteiger partial charge in [0, 0.05) is 57.1 Å². The van der Waals surface area contributed by atoms with Crippen molar-refractivity contribution in [3.63, 3.8) is 0 Å². The number of ether oxygens (including phenoxy) is 1. The summed E-state index contributed by atoms with van der Waals surface area (Å²) in [4.78, 5) is 32.9. The number of carboxylic acids is 1. The lowest BCUT2D eigenvalue weighted by atomic mass is 9.83. The Balaban J connectivity index is 1.07. The van der Waals surface area contributed by atoms with Crippen LogP contribution in [-0.4, -0.2) is 89.3 Å². The lowest BCUT2D eigenvalue weighted by Crippen LogP contribution is -2.50. The molecule has 1 amide bonds. The molecule has 2 unspecified atom stereocenters. The summed E-state index contributed by atoms with van der Waals surface area (Å²) in [5.41, 5.74) is 2.52. The second-order valence-corrected chi connectivity index (χ2v) is 14.0. The van der Waals surface area contributed by atoms with Crippen LogP contribution in [0.5, 0.6) is 0 Å². The molecule has 0 bridgehead atoms. The quantitative estimate of drug-likeness (QED) is 0.326. The van der Waals surface area contributed by atoms with Crippen molar-refractivity contribution < 1.29 is 19.4 Å². The van der Waals surface area contributed by atoms with Gasteiger partial charge >= 0.3 is 12.1 Å². The molecule has 2 aliphatic heterocycles. The number of piperidine rings is 1. The minimum atomic E-state index is -0.643. The number of carboxylic acid groups (broad SMARTS) is 1. The van der Waals surface area contributed by atoms with Gasteiger partial charge in [-0.15, -0.1) is 0 Å². The molecule has 2 aliphatic carbocycles. The van der Waals surface area contributed by atoms with Gasteiger partial charge in [0.15, 0.2) is 0 Å². The number of carbonyl (C=O) groups excluding carboxylic acids is 1. The molecule has 0 spiro atoms. The third-order valence-corrected chi connectivity index (χ3v) is 11.0. The number of carbonyl (C=O) groups is 2. The molecule has 2 saturated heterocycles. The number of hydrogen-bond acceptors (Lipinski definition) is 5. The van der Waals surface area contributed by atoms with Gasteiger partial charge in [0.1, 0.15) is 6.04 Å². The van der Waals surface area contributed by atoms with E-state index in [0.717, 1.165) is 84.1 Å². The summed E-state index contributed by atoms with van der Waals surface area (Å²) in [6.07, 6.45) is 9.19. The Morgan fingerprint density at radius 1 is 0.932 bits per heavy atom. The first-order valence-electron chi connectivity index (χ1n) is 17.2. The third-order valence-electron chi connectivity index (χ3n) is 11.0. The molecule has 4 aliphatic rings. The highest BCUT2D eigenvalue weighted by molar-refractivity contribution is 5.74. The highest BCUT2D eigenvalue weighted by Crippen LogP contribution is 2.40. The summed E-state index contributed by atoms with van der Waals surface area (Å²) < 4.78 is 5.83. The second-order valence-electron chi connectivity index (χ2n) is 14.0. The Morgan fingerprint density at radius 2 is 1.59 bits per heavy atom. The zero-order chi connectivity index (χ0) is 30.5. The van der Waals surface area contributed by atoms with Crippen LogP contribution in [0.3, 0.4) is 0 Å². The van der Waals surface area contributed by atoms with Crippen LogP contribution < -0.4 is 0 Å². The smallest absolute Gasteiger partial charge is 0.410 e. The molecule has 2 heterocycles. The van der Waals surface area contributed by atoms with E-state index in [1.807, 2.05) is 18.2 Å². The Hall–Kier alpha value is -2.90. The average molecular weight is 602 g/mol. The SMILES string of the molecule is CC1CC1N(C(=O)OCCc1ccccc1)C1CCN(C[C@H]2CN([C@@H](C(=O)O)C3CCCCC3)C[C@@H]2c2ccccc2)CC1. The summed E-state index contributed by atoms with van der Waals surface area (Å²) in [6, 6.07) is 21.1. The second kappa shape index (κ2) is 14.5. The van der Waals surface area contributed by atoms with E-state index in [2.05, 4.69) is 64.1 Å². The Morgan fingerprint density at radius 3 is 2.23 bits per heavy atom. The number of likely N-dealkylation sites (tertiary alicyclic amines) is 2. The van der Waals surface area contributed by atoms with E-state index >= 15 is 0 Å². The van der Waals surface area contributed by atoms with Gasteiger partial charge in [-0.25, -0.2) is 4.79 Å². The van der Waals surface area contributed by atoms with E-state index in [1.165, 1.54) is 17.5 Å². The first-order chi connectivity index (χ1) is 21.5. The van der Waals surface area contributed by atoms with Gasteiger partial charge in [0.25, 0.3) is 0 Å². The van der Waals surface area contributed by atoms with E-state index in [-0.39, 0.29) is 24.1 Å². The normalized spacial score (nSPS) is 27.6. The van der Waals surface area contributed by atoms with Crippen molar-refractivity contribution in [3.05, 3.63) is 71.8 Å². The van der Waals surface area contributed by atoms with Gasteiger partial charge in [-0.3, -0.25) is 9.69 Å². The maximum Gasteiger partial charge on any atom is 0.410 e. The third kappa shape index (κ3) is 7.48. The molecule has 4 fully saturated rings. The molecule has 238 valence electrons. The molecular weight excluding hydrogens is 550 g/mol. The van der Waals surface area contributed by atoms with Crippen LogP contribution in [0.4, 0.5) is 4.79 Å². The van der Waals surface area contributed by atoms with Crippen molar-refractivity contribution in [2.75, 3.05) is 39.3 Å². The van der Waals surface area contributed by atoms with Gasteiger partial charge in [0.2, 0.25) is 0 Å². The molecule has 2 aromatic carbocycles. The number of nitrogens with zero attached hydrogens (tertiary/aromatic N) is 3. The van der Waals surface area contributed by atoms with Crippen molar-refractivity contribution in [1.29, 1.82) is 0 Å². The number of amides is 1. The largest absolute Gasteiger partial charge is 0.480 e. The maximum atomic E-state index is 13.3. The fourth-order valence-electron chi connectivity index (χ4n) is 8.43. The Bertz CT molecular complexity index is 1210. The van der Waals surface area contributed by atoms with Crippen molar-refractivity contribution in [1.82, 2.24) is 14.7 Å². The molecule has 6 rings (SSSR count). The van der Waals surface area contributed by atoms with Crippen LogP contribution in [0.1, 0.15) is 75.3 Å². The van der Waals surface area contributed by atoms with Crippen LogP contribution >= 0.6 is 0 Å². The maximum absolute atomic E-state index is 13.3. The lowest BCUT2D eigenvalue weighted by Gasteiger charge is -2.39. The number of rotatable bonds is 11. The van der Waals surface area contributed by atoms with Crippen molar-refractivity contribution in [3.8, 4) is 0 Å². The van der Waals surface area contributed by atoms with Gasteiger partial charge < -0.3 is 19.6 Å². The van der Waals surface area contributed by atoms with Gasteiger partial charge in [-0.2, -0.15) is 0 Å². The molecule has 44 heavy (non-hydrogen) atoms. The van der Waals surface area contributed by atoms with E-state index in [9.17, 15) is 14.7 Å². The van der Waals surface area contributed by atoms with E-state index in [1.54, 1.807) is 0 Å². The van der Waals surface area contributed by atoms with Crippen molar-refractivity contribution in [2.24, 2.45) is 17.8 Å². The summed E-state index contributed by atoms with van der Waals surface area (Å²) in [7, 11) is 0. The predicted molar refractivity (Wildman–Crippen MR) is 173 cm³/mol. The summed E-state index contributed by atoms with van der Waals surface area (Å²) in [5, 5.41) is 10.4. The molecule has 2 saturated carbocycles. The van der Waals surface area contributed by atoms with E-state index in [0.29, 0.717) is 30.4 Å². The molecule has 0 aromatic heterocycles. The predicted octanol–water partition coefficient (Wildman–Crippen LogP) is 6.29. The van der Waals surface area contributed by atoms with Crippen LogP contribution in [-0.2, 0) is 16.0 Å². The summed E-state index contributed by atoms with van der Waals surface area (Å²) >= 11 is 0. The van der Waals surface area contributed by atoms with Crippen LogP contribution in [0.2, 0.25) is 0 Å². The molecule has 7 heteroatoms. The molecule has 1 N–H and O–H groups in total. The highest BCUT2D eigenvalue weighted by Gasteiger charge is 2.46. The Kier molecular flexibility index (Phi) is 10.2. The standard InChI is InChI=1S/C37H51N3O4/c1-27-23-34(27)40(37(43)44-22-19-28-11-5-2-6-12-28)32-17-20-38(21-18-32)24-31-25-39(26-33(31)29-13-7-3-8-14-29)35(36(41)42)30-15-9-4-10-16-30/h2-3,5-8,11-14,27,30-35H,4,9-10,15-26H2,1H3,(H,41,42)/t27?,31-,33+,34?,35+/m0/s1. The first kappa shape index (κ1) is 31.1.